The van der Waals surface area contributed by atoms with Crippen LogP contribution in [0.25, 0.3) is 11.3 Å². The van der Waals surface area contributed by atoms with Gasteiger partial charge in [0.1, 0.15) is 5.82 Å². The van der Waals surface area contributed by atoms with E-state index in [0.717, 1.165) is 23.5 Å². The molecule has 0 unspecified atom stereocenters. The third kappa shape index (κ3) is 5.00. The molecule has 0 fully saturated rings. The molecule has 34 heavy (non-hydrogen) atoms. The van der Waals surface area contributed by atoms with Crippen molar-refractivity contribution in [2.75, 3.05) is 42.7 Å². The largest absolute Gasteiger partial charge is 0.354 e. The van der Waals surface area contributed by atoms with Crippen LogP contribution in [0.1, 0.15) is 18.1 Å². The first-order valence-electron chi connectivity index (χ1n) is 11.0. The maximum Gasteiger partial charge on any atom is 0.258 e. The van der Waals surface area contributed by atoms with Crippen molar-refractivity contribution >= 4 is 40.1 Å². The molecule has 6 nitrogen and oxygen atoms in total. The van der Waals surface area contributed by atoms with E-state index in [1.165, 1.54) is 12.1 Å². The van der Waals surface area contributed by atoms with Crippen molar-refractivity contribution < 1.29 is 14.0 Å². The standard InChI is InChI=1S/C27H27FN4O2/c1-18(33)32(16-15-31(2)3)22-12-10-21(11-13-22)29-26(19-7-5-4-6-8-19)25-23-14-9-20(28)17-24(23)30-27(25)34/h4-14,17,29H,15-16H2,1-3H3,(H,30,34)/b26-25+. The minimum absolute atomic E-state index is 0.0267. The first-order chi connectivity index (χ1) is 16.3. The number of fused-ring (bicyclic) bond motifs is 1. The first kappa shape index (κ1) is 23.2. The van der Waals surface area contributed by atoms with Crippen molar-refractivity contribution in [3.8, 4) is 0 Å². The summed E-state index contributed by atoms with van der Waals surface area (Å²) in [5.74, 6) is -0.731. The molecule has 1 heterocycles. The van der Waals surface area contributed by atoms with E-state index in [1.54, 1.807) is 17.9 Å². The predicted octanol–water partition coefficient (Wildman–Crippen LogP) is 4.67. The Bertz CT molecular complexity index is 1240. The molecule has 0 aromatic heterocycles. The molecule has 0 saturated heterocycles. The maximum atomic E-state index is 13.7. The number of carbonyl (C=O) groups is 2. The number of carbonyl (C=O) groups excluding carboxylic acids is 2. The molecule has 1 aliphatic rings. The lowest BCUT2D eigenvalue weighted by molar-refractivity contribution is -0.116. The number of nitrogens with one attached hydrogen (secondary N) is 2. The summed E-state index contributed by atoms with van der Waals surface area (Å²) in [5, 5.41) is 6.14. The Balaban J connectivity index is 1.70. The van der Waals surface area contributed by atoms with Gasteiger partial charge in [0, 0.05) is 37.0 Å². The fourth-order valence-electron chi connectivity index (χ4n) is 3.91. The van der Waals surface area contributed by atoms with Gasteiger partial charge in [-0.15, -0.1) is 0 Å². The molecule has 4 rings (SSSR count). The number of amides is 2. The smallest absolute Gasteiger partial charge is 0.258 e. The highest BCUT2D eigenvalue weighted by atomic mass is 19.1. The van der Waals surface area contributed by atoms with E-state index in [-0.39, 0.29) is 11.8 Å². The molecular weight excluding hydrogens is 431 g/mol. The Labute approximate surface area is 198 Å². The van der Waals surface area contributed by atoms with Crippen molar-refractivity contribution in [2.45, 2.75) is 6.92 Å². The molecule has 0 saturated carbocycles. The Morgan fingerprint density at radius 2 is 1.68 bits per heavy atom. The van der Waals surface area contributed by atoms with Crippen LogP contribution in [-0.2, 0) is 9.59 Å². The highest BCUT2D eigenvalue weighted by Crippen LogP contribution is 2.38. The van der Waals surface area contributed by atoms with E-state index >= 15 is 0 Å². The number of halogens is 1. The second kappa shape index (κ2) is 9.89. The van der Waals surface area contributed by atoms with Crippen LogP contribution < -0.4 is 15.5 Å². The summed E-state index contributed by atoms with van der Waals surface area (Å²) < 4.78 is 13.7. The number of anilines is 3. The van der Waals surface area contributed by atoms with E-state index in [9.17, 15) is 14.0 Å². The van der Waals surface area contributed by atoms with E-state index in [1.807, 2.05) is 73.6 Å². The highest BCUT2D eigenvalue weighted by Gasteiger charge is 2.28. The van der Waals surface area contributed by atoms with Gasteiger partial charge in [0.25, 0.3) is 5.91 Å². The van der Waals surface area contributed by atoms with Gasteiger partial charge in [0.05, 0.1) is 17.0 Å². The molecular formula is C27H27FN4O2. The summed E-state index contributed by atoms with van der Waals surface area (Å²) in [6.07, 6.45) is 0. The van der Waals surface area contributed by atoms with Gasteiger partial charge >= 0.3 is 0 Å². The molecule has 0 atom stereocenters. The zero-order valence-corrected chi connectivity index (χ0v) is 19.4. The summed E-state index contributed by atoms with van der Waals surface area (Å²) in [6.45, 7) is 2.89. The Morgan fingerprint density at radius 3 is 2.32 bits per heavy atom. The van der Waals surface area contributed by atoms with Crippen molar-refractivity contribution in [1.82, 2.24) is 4.90 Å². The molecule has 3 aromatic rings. The Kier molecular flexibility index (Phi) is 6.75. The van der Waals surface area contributed by atoms with Crippen LogP contribution >= 0.6 is 0 Å². The third-order valence-corrected chi connectivity index (χ3v) is 5.64. The van der Waals surface area contributed by atoms with Crippen LogP contribution in [0.5, 0.6) is 0 Å². The van der Waals surface area contributed by atoms with E-state index in [0.29, 0.717) is 29.1 Å². The molecule has 0 bridgehead atoms. The van der Waals surface area contributed by atoms with Crippen LogP contribution in [0.3, 0.4) is 0 Å². The van der Waals surface area contributed by atoms with Gasteiger partial charge in [-0.1, -0.05) is 30.3 Å². The summed E-state index contributed by atoms with van der Waals surface area (Å²) in [4.78, 5) is 28.8. The predicted molar refractivity (Wildman–Crippen MR) is 135 cm³/mol. The van der Waals surface area contributed by atoms with Crippen molar-refractivity contribution in [3.05, 3.63) is 89.7 Å². The molecule has 3 aromatic carbocycles. The third-order valence-electron chi connectivity index (χ3n) is 5.64. The lowest BCUT2D eigenvalue weighted by atomic mass is 10.00. The van der Waals surface area contributed by atoms with Gasteiger partial charge in [-0.25, -0.2) is 4.39 Å². The van der Waals surface area contributed by atoms with Crippen LogP contribution in [-0.4, -0.2) is 43.9 Å². The fourth-order valence-corrected chi connectivity index (χ4v) is 3.91. The van der Waals surface area contributed by atoms with Crippen molar-refractivity contribution in [1.29, 1.82) is 0 Å². The second-order valence-corrected chi connectivity index (χ2v) is 8.41. The lowest BCUT2D eigenvalue weighted by Gasteiger charge is -2.23. The van der Waals surface area contributed by atoms with Gasteiger partial charge in [0.15, 0.2) is 0 Å². The maximum absolute atomic E-state index is 13.7. The van der Waals surface area contributed by atoms with Gasteiger partial charge in [-0.3, -0.25) is 9.59 Å². The normalized spacial score (nSPS) is 14.0. The number of hydrogen-bond acceptors (Lipinski definition) is 4. The van der Waals surface area contributed by atoms with E-state index in [4.69, 9.17) is 0 Å². The summed E-state index contributed by atoms with van der Waals surface area (Å²) in [6, 6.07) is 21.3. The number of likely N-dealkylation sites (N-methyl/N-ethyl adjacent to an activating group) is 1. The number of nitrogens with zero attached hydrogens (tertiary/aromatic N) is 2. The minimum Gasteiger partial charge on any atom is -0.354 e. The van der Waals surface area contributed by atoms with Crippen LogP contribution in [0, 0.1) is 5.82 Å². The summed E-state index contributed by atoms with van der Waals surface area (Å²) in [5.41, 5.74) is 4.53. The topological polar surface area (TPSA) is 64.7 Å². The van der Waals surface area contributed by atoms with Crippen LogP contribution in [0.2, 0.25) is 0 Å². The fraction of sp³-hybridized carbons (Fsp3) is 0.185. The van der Waals surface area contributed by atoms with Crippen molar-refractivity contribution in [3.63, 3.8) is 0 Å². The zero-order chi connectivity index (χ0) is 24.2. The monoisotopic (exact) mass is 458 g/mol. The SMILES string of the molecule is CC(=O)N(CCN(C)C)c1ccc(N/C(=C2/C(=O)Nc3cc(F)ccc32)c2ccccc2)cc1. The molecule has 2 N–H and O–H groups in total. The number of hydrogen-bond donors (Lipinski definition) is 2. The van der Waals surface area contributed by atoms with Crippen LogP contribution in [0.4, 0.5) is 21.5 Å². The molecule has 2 amide bonds. The average Bonchev–Trinajstić information content (AvgIpc) is 3.13. The van der Waals surface area contributed by atoms with Gasteiger partial charge in [-0.05, 0) is 62.1 Å². The van der Waals surface area contributed by atoms with Crippen molar-refractivity contribution in [2.24, 2.45) is 0 Å². The van der Waals surface area contributed by atoms with E-state index in [2.05, 4.69) is 10.6 Å². The van der Waals surface area contributed by atoms with E-state index < -0.39 is 5.82 Å². The summed E-state index contributed by atoms with van der Waals surface area (Å²) >= 11 is 0. The van der Waals surface area contributed by atoms with Gasteiger partial charge in [0.2, 0.25) is 5.91 Å². The number of rotatable bonds is 7. The second-order valence-electron chi connectivity index (χ2n) is 8.41. The van der Waals surface area contributed by atoms with Gasteiger partial charge < -0.3 is 20.4 Å². The zero-order valence-electron chi connectivity index (χ0n) is 19.4. The molecule has 0 radical (unpaired) electrons. The molecule has 174 valence electrons. The average molecular weight is 459 g/mol. The Hall–Kier alpha value is -3.97. The molecule has 0 spiro atoms. The lowest BCUT2D eigenvalue weighted by Crippen LogP contribution is -2.35. The first-order valence-corrected chi connectivity index (χ1v) is 11.0. The highest BCUT2D eigenvalue weighted by molar-refractivity contribution is 6.37. The molecule has 7 heteroatoms. The molecule has 0 aliphatic carbocycles. The minimum atomic E-state index is -0.408. The van der Waals surface area contributed by atoms with Crippen LogP contribution in [0.15, 0.2) is 72.8 Å². The Morgan fingerprint density at radius 1 is 0.971 bits per heavy atom. The molecule has 1 aliphatic heterocycles. The summed E-state index contributed by atoms with van der Waals surface area (Å²) in [7, 11) is 3.94. The quantitative estimate of drug-likeness (QED) is 0.505. The number of benzene rings is 3. The van der Waals surface area contributed by atoms with Gasteiger partial charge in [-0.2, -0.15) is 0 Å².